The van der Waals surface area contributed by atoms with Crippen molar-refractivity contribution in [3.63, 3.8) is 0 Å². The summed E-state index contributed by atoms with van der Waals surface area (Å²) in [5.41, 5.74) is 39.3. The molecule has 0 spiro atoms. The zero-order chi connectivity index (χ0) is 62.9. The number of unbranched alkanes of at least 4 members (excludes halogenated alkanes) is 5. The number of guanidine groups is 2. The topological polar surface area (TPSA) is 491 Å². The number of rotatable bonds is 42. The molecule has 0 aliphatic carbocycles. The predicted molar refractivity (Wildman–Crippen MR) is 316 cm³/mol. The minimum Gasteiger partial charge on any atom is -0.480 e. The molecule has 0 aliphatic heterocycles. The quantitative estimate of drug-likeness (QED) is 0.0128. The fourth-order valence-corrected chi connectivity index (χ4v) is 7.95. The molecular formula is C55H98N16O12. The molecule has 0 radical (unpaired) electrons. The summed E-state index contributed by atoms with van der Waals surface area (Å²) in [6, 6.07) is -1.52. The van der Waals surface area contributed by atoms with Gasteiger partial charge in [0, 0.05) is 20.0 Å². The predicted octanol–water partition coefficient (Wildman–Crippen LogP) is -0.552. The van der Waals surface area contributed by atoms with Gasteiger partial charge in [-0.25, -0.2) is 0 Å². The number of hydrogen-bond acceptors (Lipinski definition) is 15. The van der Waals surface area contributed by atoms with Crippen LogP contribution in [0, 0.1) is 0 Å². The van der Waals surface area contributed by atoms with Crippen molar-refractivity contribution in [2.24, 2.45) is 50.1 Å². The molecule has 1 rings (SSSR count). The highest BCUT2D eigenvalue weighted by Gasteiger charge is 2.33. The van der Waals surface area contributed by atoms with Crippen molar-refractivity contribution in [1.29, 1.82) is 0 Å². The van der Waals surface area contributed by atoms with Gasteiger partial charge in [0.1, 0.15) is 48.5 Å². The molecule has 0 saturated heterocycles. The molecule has 0 saturated carbocycles. The van der Waals surface area contributed by atoms with Crippen molar-refractivity contribution >= 4 is 71.1 Å². The van der Waals surface area contributed by atoms with E-state index in [2.05, 4.69) is 47.2 Å². The summed E-state index contributed by atoms with van der Waals surface area (Å²) in [6.45, 7) is 10.7. The summed E-state index contributed by atoms with van der Waals surface area (Å²) in [5, 5.41) is 27.9. The molecule has 1 aromatic rings. The molecule has 83 heavy (non-hydrogen) atoms. The van der Waals surface area contributed by atoms with E-state index < -0.39 is 108 Å². The van der Waals surface area contributed by atoms with E-state index in [1.54, 1.807) is 24.3 Å². The Balaban J connectivity index is 0.00000358. The number of primary amides is 1. The van der Waals surface area contributed by atoms with Gasteiger partial charge in [0.2, 0.25) is 47.3 Å². The van der Waals surface area contributed by atoms with Crippen LogP contribution in [0.5, 0.6) is 5.75 Å². The highest BCUT2D eigenvalue weighted by molar-refractivity contribution is 5.97. The maximum atomic E-state index is 14.2. The van der Waals surface area contributed by atoms with Crippen molar-refractivity contribution in [3.8, 4) is 5.75 Å². The number of aliphatic imine (C=N–C) groups is 2. The Morgan fingerprint density at radius 2 is 0.771 bits per heavy atom. The van der Waals surface area contributed by atoms with E-state index in [0.717, 1.165) is 12.0 Å². The van der Waals surface area contributed by atoms with Crippen LogP contribution in [0.2, 0.25) is 0 Å². The second kappa shape index (κ2) is 44.0. The Labute approximate surface area is 488 Å². The molecular weight excluding hydrogens is 1080 g/mol. The van der Waals surface area contributed by atoms with Crippen LogP contribution >= 0.6 is 0 Å². The van der Waals surface area contributed by atoms with Crippen molar-refractivity contribution < 1.29 is 57.8 Å². The second-order valence-electron chi connectivity index (χ2n) is 20.1. The van der Waals surface area contributed by atoms with E-state index in [0.29, 0.717) is 76.4 Å². The molecule has 0 heterocycles. The highest BCUT2D eigenvalue weighted by Crippen LogP contribution is 2.14. The molecule has 0 unspecified atom stereocenters. The lowest BCUT2D eigenvalue weighted by Gasteiger charge is -2.28. The van der Waals surface area contributed by atoms with Gasteiger partial charge >= 0.3 is 11.9 Å². The lowest BCUT2D eigenvalue weighted by atomic mass is 10.0. The molecule has 1 aromatic carbocycles. The van der Waals surface area contributed by atoms with Crippen LogP contribution in [-0.2, 0) is 54.4 Å². The third-order valence-electron chi connectivity index (χ3n) is 12.7. The summed E-state index contributed by atoms with van der Waals surface area (Å²) < 4.78 is 4.86. The van der Waals surface area contributed by atoms with Gasteiger partial charge in [-0.3, -0.25) is 57.9 Å². The van der Waals surface area contributed by atoms with Gasteiger partial charge in [0.15, 0.2) is 11.9 Å². The number of nitrogens with one attached hydrogen (secondary N) is 7. The van der Waals surface area contributed by atoms with Crippen LogP contribution in [0.4, 0.5) is 0 Å². The first-order chi connectivity index (χ1) is 39.3. The molecule has 0 fully saturated rings. The minimum atomic E-state index is -1.25. The number of carbonyl (C=O) groups is 10. The molecule has 8 atom stereocenters. The third-order valence-corrected chi connectivity index (χ3v) is 12.7. The first-order valence-corrected chi connectivity index (χ1v) is 28.8. The SMILES string of the molecule is CC(=O)Oc1ccc(C[C@H](N)C(N)=O)cc1.CCCC[C@H](NC(=O)[C@H](CCCC)NC(=O)[C@H](CCCC)NC(=O)[C@H](CCCN=C(N)N)NC(=O)[C@H](CCCC)NC(=O)[C@H](CCCC)NC(=O)[C@@H](N)CCCN=C(N)N)C(=O)NCC(=O)O. The lowest BCUT2D eigenvalue weighted by Crippen LogP contribution is -2.60. The molecule has 470 valence electrons. The second-order valence-corrected chi connectivity index (χ2v) is 20.1. The van der Waals surface area contributed by atoms with E-state index in [9.17, 15) is 47.9 Å². The van der Waals surface area contributed by atoms with Crippen molar-refractivity contribution in [3.05, 3.63) is 29.8 Å². The number of hydrogen-bond donors (Lipinski definition) is 15. The molecule has 0 aromatic heterocycles. The number of carboxylic acids is 1. The summed E-state index contributed by atoms with van der Waals surface area (Å²) in [4.78, 5) is 136. The molecule has 28 heteroatoms. The summed E-state index contributed by atoms with van der Waals surface area (Å²) in [7, 11) is 0. The van der Waals surface area contributed by atoms with Crippen LogP contribution < -0.4 is 82.1 Å². The number of nitrogens with zero attached hydrogens (tertiary/aromatic N) is 2. The Bertz CT molecular complexity index is 2230. The maximum Gasteiger partial charge on any atom is 0.322 e. The number of aliphatic carboxylic acids is 1. The maximum absolute atomic E-state index is 14.2. The smallest absolute Gasteiger partial charge is 0.322 e. The van der Waals surface area contributed by atoms with Crippen LogP contribution in [0.25, 0.3) is 0 Å². The van der Waals surface area contributed by atoms with Gasteiger partial charge in [-0.2, -0.15) is 0 Å². The number of benzene rings is 1. The zero-order valence-corrected chi connectivity index (χ0v) is 49.6. The van der Waals surface area contributed by atoms with Gasteiger partial charge in [-0.1, -0.05) is 111 Å². The number of ether oxygens (including phenoxy) is 1. The molecule has 22 N–H and O–H groups in total. The van der Waals surface area contributed by atoms with Crippen LogP contribution in [0.1, 0.15) is 169 Å². The van der Waals surface area contributed by atoms with E-state index in [-0.39, 0.29) is 82.3 Å². The minimum absolute atomic E-state index is 0.0335. The Kier molecular flexibility index (Phi) is 40.0. The fourth-order valence-electron chi connectivity index (χ4n) is 7.95. The highest BCUT2D eigenvalue weighted by atomic mass is 16.5. The monoisotopic (exact) mass is 1170 g/mol. The van der Waals surface area contributed by atoms with E-state index in [1.165, 1.54) is 6.92 Å². The van der Waals surface area contributed by atoms with Crippen molar-refractivity contribution in [1.82, 2.24) is 37.2 Å². The first kappa shape index (κ1) is 75.4. The molecule has 28 nitrogen and oxygen atoms in total. The number of carbonyl (C=O) groups excluding carboxylic acids is 9. The number of amides is 8. The van der Waals surface area contributed by atoms with Crippen LogP contribution in [0.15, 0.2) is 34.3 Å². The molecule has 0 bridgehead atoms. The van der Waals surface area contributed by atoms with Crippen molar-refractivity contribution in [2.45, 2.75) is 218 Å². The summed E-state index contributed by atoms with van der Waals surface area (Å²) in [5.74, 6) is -6.44. The van der Waals surface area contributed by atoms with Gasteiger partial charge in [-0.15, -0.1) is 0 Å². The van der Waals surface area contributed by atoms with Gasteiger partial charge in [-0.05, 0) is 81.9 Å². The Morgan fingerprint density at radius 3 is 1.07 bits per heavy atom. The average Bonchev–Trinajstić information content (AvgIpc) is 3.45. The van der Waals surface area contributed by atoms with Gasteiger partial charge < -0.3 is 87.2 Å². The Hall–Kier alpha value is -7.62. The Morgan fingerprint density at radius 1 is 0.458 bits per heavy atom. The third kappa shape index (κ3) is 35.1. The van der Waals surface area contributed by atoms with E-state index in [1.807, 2.05) is 34.6 Å². The average molecular weight is 1180 g/mol. The van der Waals surface area contributed by atoms with Crippen molar-refractivity contribution in [2.75, 3.05) is 19.6 Å². The fraction of sp³-hybridized carbons (Fsp3) is 0.673. The van der Waals surface area contributed by atoms with E-state index in [4.69, 9.17) is 50.0 Å². The number of nitrogens with two attached hydrogens (primary N) is 7. The first-order valence-electron chi connectivity index (χ1n) is 28.8. The normalized spacial score (nSPS) is 13.6. The molecule has 8 amide bonds. The van der Waals surface area contributed by atoms with Gasteiger partial charge in [0.25, 0.3) is 0 Å². The summed E-state index contributed by atoms with van der Waals surface area (Å²) in [6.07, 6.45) is 8.62. The summed E-state index contributed by atoms with van der Waals surface area (Å²) >= 11 is 0. The number of esters is 1. The zero-order valence-electron chi connectivity index (χ0n) is 49.6. The standard InChI is InChI=1S/C44H84N14O9.C11H14N2O3/c1-6-11-19-29(37(62)52-27-35(59)60)54-39(64)31(21-13-8-3)56-40(65)32(22-14-9-4)57-42(67)34(24-17-26-51-44(48)49)58-41(66)33(23-15-10-5)55-38(63)30(20-12-7-2)53-36(61)28(45)18-16-25-50-43(46)47;1-7(14)16-9-4-2-8(3-5-9)6-10(12)11(13)15/h28-34H,6-27,45H2,1-5H3,(H,52,62)(H,53,61)(H,54,64)(H,55,63)(H,56,65)(H,57,67)(H,58,66)(H,59,60)(H4,46,47,50)(H4,48,49,51);2-5,10H,6,12H2,1H3,(H2,13,15)/t28-,29-,30-,31-,32-,33-,34-;10-/m00/s1. The van der Waals surface area contributed by atoms with Crippen LogP contribution in [0.3, 0.4) is 0 Å². The molecule has 0 aliphatic rings. The number of carboxylic acid groups (broad SMARTS) is 1. The van der Waals surface area contributed by atoms with Crippen LogP contribution in [-0.4, -0.2) is 144 Å². The van der Waals surface area contributed by atoms with Gasteiger partial charge in [0.05, 0.1) is 12.1 Å². The largest absolute Gasteiger partial charge is 0.480 e. The lowest BCUT2D eigenvalue weighted by molar-refractivity contribution is -0.138. The van der Waals surface area contributed by atoms with E-state index >= 15 is 0 Å².